The topological polar surface area (TPSA) is 60.9 Å². The van der Waals surface area contributed by atoms with Crippen LogP contribution in [-0.4, -0.2) is 16.3 Å². The van der Waals surface area contributed by atoms with Gasteiger partial charge >= 0.3 is 0 Å². The summed E-state index contributed by atoms with van der Waals surface area (Å²) in [6.45, 7) is 7.40. The largest absolute Gasteiger partial charge is 0.330 e. The SMILES string of the molecule is CC(C)(C)c1ccc(=O)n(CCCN)n1. The van der Waals surface area contributed by atoms with Crippen molar-refractivity contribution in [1.82, 2.24) is 9.78 Å². The Kier molecular flexibility index (Phi) is 3.63. The molecule has 1 rings (SSSR count). The van der Waals surface area contributed by atoms with Gasteiger partial charge in [-0.15, -0.1) is 0 Å². The Balaban J connectivity index is 3.01. The molecule has 0 aromatic carbocycles. The summed E-state index contributed by atoms with van der Waals surface area (Å²) in [7, 11) is 0. The van der Waals surface area contributed by atoms with Crippen LogP contribution in [0.1, 0.15) is 32.9 Å². The molecule has 4 heteroatoms. The van der Waals surface area contributed by atoms with Crippen LogP contribution < -0.4 is 11.3 Å². The van der Waals surface area contributed by atoms with Gasteiger partial charge in [-0.2, -0.15) is 5.10 Å². The third kappa shape index (κ3) is 3.16. The van der Waals surface area contributed by atoms with E-state index in [2.05, 4.69) is 25.9 Å². The van der Waals surface area contributed by atoms with E-state index < -0.39 is 0 Å². The molecule has 0 bridgehead atoms. The third-order valence-electron chi connectivity index (χ3n) is 2.21. The van der Waals surface area contributed by atoms with Crippen LogP contribution in [0.5, 0.6) is 0 Å². The van der Waals surface area contributed by atoms with E-state index in [1.54, 1.807) is 12.1 Å². The number of nitrogens with two attached hydrogens (primary N) is 1. The van der Waals surface area contributed by atoms with E-state index >= 15 is 0 Å². The molecule has 0 saturated carbocycles. The van der Waals surface area contributed by atoms with E-state index in [-0.39, 0.29) is 11.0 Å². The van der Waals surface area contributed by atoms with E-state index in [1.807, 2.05) is 0 Å². The Labute approximate surface area is 90.1 Å². The highest BCUT2D eigenvalue weighted by Gasteiger charge is 2.16. The number of hydrogen-bond donors (Lipinski definition) is 1. The molecule has 0 fully saturated rings. The van der Waals surface area contributed by atoms with E-state index in [1.165, 1.54) is 4.68 Å². The van der Waals surface area contributed by atoms with Crippen LogP contribution >= 0.6 is 0 Å². The average Bonchev–Trinajstić information content (AvgIpc) is 2.15. The van der Waals surface area contributed by atoms with Gasteiger partial charge in [0.25, 0.3) is 5.56 Å². The first-order chi connectivity index (χ1) is 6.95. The van der Waals surface area contributed by atoms with Crippen molar-refractivity contribution >= 4 is 0 Å². The molecule has 84 valence electrons. The highest BCUT2D eigenvalue weighted by Crippen LogP contribution is 2.17. The lowest BCUT2D eigenvalue weighted by Crippen LogP contribution is -2.27. The molecular formula is C11H19N3O. The fourth-order valence-corrected chi connectivity index (χ4v) is 1.25. The highest BCUT2D eigenvalue weighted by atomic mass is 16.1. The molecule has 0 amide bonds. The van der Waals surface area contributed by atoms with Crippen LogP contribution in [0.4, 0.5) is 0 Å². The maximum absolute atomic E-state index is 11.5. The maximum atomic E-state index is 11.5. The zero-order chi connectivity index (χ0) is 11.5. The van der Waals surface area contributed by atoms with Gasteiger partial charge in [-0.25, -0.2) is 4.68 Å². The first kappa shape index (κ1) is 11.9. The van der Waals surface area contributed by atoms with E-state index in [0.29, 0.717) is 13.1 Å². The molecule has 0 aliphatic heterocycles. The summed E-state index contributed by atoms with van der Waals surface area (Å²) in [5.74, 6) is 0. The number of nitrogens with zero attached hydrogens (tertiary/aromatic N) is 2. The second kappa shape index (κ2) is 4.57. The second-order valence-corrected chi connectivity index (χ2v) is 4.67. The molecule has 0 radical (unpaired) electrons. The summed E-state index contributed by atoms with van der Waals surface area (Å²) < 4.78 is 1.49. The smallest absolute Gasteiger partial charge is 0.266 e. The Morgan fingerprint density at radius 2 is 2.07 bits per heavy atom. The third-order valence-corrected chi connectivity index (χ3v) is 2.21. The molecule has 1 aromatic rings. The average molecular weight is 209 g/mol. The summed E-state index contributed by atoms with van der Waals surface area (Å²) >= 11 is 0. The minimum atomic E-state index is -0.0588. The first-order valence-electron chi connectivity index (χ1n) is 5.24. The fraction of sp³-hybridized carbons (Fsp3) is 0.636. The van der Waals surface area contributed by atoms with Gasteiger partial charge in [0.05, 0.1) is 5.69 Å². The van der Waals surface area contributed by atoms with Gasteiger partial charge in [-0.05, 0) is 19.0 Å². The predicted molar refractivity (Wildman–Crippen MR) is 60.9 cm³/mol. The summed E-state index contributed by atoms with van der Waals surface area (Å²) in [6, 6.07) is 3.37. The van der Waals surface area contributed by atoms with Crippen molar-refractivity contribution in [2.24, 2.45) is 5.73 Å². The zero-order valence-electron chi connectivity index (χ0n) is 9.66. The molecule has 15 heavy (non-hydrogen) atoms. The molecule has 1 aromatic heterocycles. The van der Waals surface area contributed by atoms with E-state index in [9.17, 15) is 4.79 Å². The molecular weight excluding hydrogens is 190 g/mol. The monoisotopic (exact) mass is 209 g/mol. The first-order valence-corrected chi connectivity index (χ1v) is 5.24. The Hall–Kier alpha value is -1.16. The summed E-state index contributed by atoms with van der Waals surface area (Å²) in [5, 5.41) is 4.33. The standard InChI is InChI=1S/C11H19N3O/c1-11(2,3)9-5-6-10(15)14(13-9)8-4-7-12/h5-6H,4,7-8,12H2,1-3H3. The minimum Gasteiger partial charge on any atom is -0.330 e. The fourth-order valence-electron chi connectivity index (χ4n) is 1.25. The number of hydrogen-bond acceptors (Lipinski definition) is 3. The quantitative estimate of drug-likeness (QED) is 0.804. The minimum absolute atomic E-state index is 0.0296. The van der Waals surface area contributed by atoms with Crippen LogP contribution in [0.25, 0.3) is 0 Å². The lowest BCUT2D eigenvalue weighted by atomic mass is 9.92. The van der Waals surface area contributed by atoms with Gasteiger partial charge in [0.15, 0.2) is 0 Å². The normalized spacial score (nSPS) is 11.7. The molecule has 0 saturated heterocycles. The van der Waals surface area contributed by atoms with Crippen molar-refractivity contribution in [3.8, 4) is 0 Å². The lowest BCUT2D eigenvalue weighted by Gasteiger charge is -2.18. The van der Waals surface area contributed by atoms with Gasteiger partial charge in [-0.3, -0.25) is 4.79 Å². The van der Waals surface area contributed by atoms with Crippen molar-refractivity contribution in [1.29, 1.82) is 0 Å². The Morgan fingerprint density at radius 3 is 2.60 bits per heavy atom. The summed E-state index contributed by atoms with van der Waals surface area (Å²) in [4.78, 5) is 11.5. The van der Waals surface area contributed by atoms with Crippen LogP contribution in [0, 0.1) is 0 Å². The summed E-state index contributed by atoms with van der Waals surface area (Å²) in [5.41, 5.74) is 6.25. The number of rotatable bonds is 3. The number of aryl methyl sites for hydroxylation is 1. The Bertz CT molecular complexity index is 376. The van der Waals surface area contributed by atoms with Gasteiger partial charge < -0.3 is 5.73 Å². The molecule has 0 atom stereocenters. The zero-order valence-corrected chi connectivity index (χ0v) is 9.66. The number of aromatic nitrogens is 2. The maximum Gasteiger partial charge on any atom is 0.266 e. The second-order valence-electron chi connectivity index (χ2n) is 4.67. The molecule has 0 aliphatic rings. The van der Waals surface area contributed by atoms with Gasteiger partial charge in [0.2, 0.25) is 0 Å². The van der Waals surface area contributed by atoms with Gasteiger partial charge in [0, 0.05) is 18.0 Å². The van der Waals surface area contributed by atoms with E-state index in [0.717, 1.165) is 12.1 Å². The van der Waals surface area contributed by atoms with Crippen molar-refractivity contribution in [2.75, 3.05) is 6.54 Å². The molecule has 2 N–H and O–H groups in total. The lowest BCUT2D eigenvalue weighted by molar-refractivity contribution is 0.491. The van der Waals surface area contributed by atoms with Crippen LogP contribution in [-0.2, 0) is 12.0 Å². The van der Waals surface area contributed by atoms with Gasteiger partial charge in [-0.1, -0.05) is 20.8 Å². The van der Waals surface area contributed by atoms with Crippen LogP contribution in [0.15, 0.2) is 16.9 Å². The van der Waals surface area contributed by atoms with Crippen LogP contribution in [0.2, 0.25) is 0 Å². The molecule has 1 heterocycles. The predicted octanol–water partition coefficient (Wildman–Crippen LogP) is 0.890. The van der Waals surface area contributed by atoms with E-state index in [4.69, 9.17) is 5.73 Å². The van der Waals surface area contributed by atoms with Crippen LogP contribution in [0.3, 0.4) is 0 Å². The van der Waals surface area contributed by atoms with Crippen molar-refractivity contribution in [3.05, 3.63) is 28.2 Å². The highest BCUT2D eigenvalue weighted by molar-refractivity contribution is 5.10. The van der Waals surface area contributed by atoms with Crippen molar-refractivity contribution < 1.29 is 0 Å². The molecule has 4 nitrogen and oxygen atoms in total. The van der Waals surface area contributed by atoms with Crippen molar-refractivity contribution in [2.45, 2.75) is 39.2 Å². The molecule has 0 spiro atoms. The van der Waals surface area contributed by atoms with Gasteiger partial charge in [0.1, 0.15) is 0 Å². The van der Waals surface area contributed by atoms with Crippen molar-refractivity contribution in [3.63, 3.8) is 0 Å². The Morgan fingerprint density at radius 1 is 1.40 bits per heavy atom. The summed E-state index contributed by atoms with van der Waals surface area (Å²) in [6.07, 6.45) is 0.778. The molecule has 0 unspecified atom stereocenters. The molecule has 0 aliphatic carbocycles.